The van der Waals surface area contributed by atoms with E-state index in [1.165, 1.54) is 32.3 Å². The van der Waals surface area contributed by atoms with Crippen molar-refractivity contribution in [3.63, 3.8) is 0 Å². The smallest absolute Gasteiger partial charge is 0.221 e. The molecule has 106 valence electrons. The maximum absolute atomic E-state index is 13.5. The minimum absolute atomic E-state index is 0.221. The summed E-state index contributed by atoms with van der Waals surface area (Å²) >= 11 is 0. The molecular formula is C15H23FN2O. The number of hydrogen-bond acceptors (Lipinski definition) is 2. The number of unbranched alkanes of at least 4 members (excludes halogenated alkanes) is 2. The van der Waals surface area contributed by atoms with E-state index in [0.717, 1.165) is 12.1 Å². The van der Waals surface area contributed by atoms with Crippen LogP contribution in [0.4, 0.5) is 15.8 Å². The zero-order valence-electron chi connectivity index (χ0n) is 11.9. The van der Waals surface area contributed by atoms with Crippen molar-refractivity contribution in [3.8, 4) is 0 Å². The van der Waals surface area contributed by atoms with Gasteiger partial charge in [0.05, 0.1) is 5.69 Å². The van der Waals surface area contributed by atoms with E-state index in [9.17, 15) is 9.18 Å². The standard InChI is InChI=1S/C15H23FN2O/c1-4-5-6-7-11(2)17-13-8-9-14(16)15(10-13)18-12(3)19/h8-11,17H,4-7H2,1-3H3,(H,18,19). The molecule has 0 bridgehead atoms. The Morgan fingerprint density at radius 1 is 1.37 bits per heavy atom. The summed E-state index contributed by atoms with van der Waals surface area (Å²) in [6.07, 6.45) is 4.70. The fraction of sp³-hybridized carbons (Fsp3) is 0.533. The summed E-state index contributed by atoms with van der Waals surface area (Å²) in [4.78, 5) is 11.0. The van der Waals surface area contributed by atoms with Crippen LogP contribution >= 0.6 is 0 Å². The Bertz CT molecular complexity index is 421. The summed E-state index contributed by atoms with van der Waals surface area (Å²) in [6, 6.07) is 5.03. The van der Waals surface area contributed by atoms with Crippen LogP contribution in [0.2, 0.25) is 0 Å². The van der Waals surface area contributed by atoms with Crippen molar-refractivity contribution in [2.45, 2.75) is 52.5 Å². The van der Waals surface area contributed by atoms with Crippen LogP contribution in [0.3, 0.4) is 0 Å². The molecule has 0 heterocycles. The summed E-state index contributed by atoms with van der Waals surface area (Å²) < 4.78 is 13.5. The topological polar surface area (TPSA) is 41.1 Å². The highest BCUT2D eigenvalue weighted by Crippen LogP contribution is 2.21. The number of hydrogen-bond donors (Lipinski definition) is 2. The Morgan fingerprint density at radius 2 is 2.11 bits per heavy atom. The number of nitrogens with one attached hydrogen (secondary N) is 2. The molecule has 1 amide bonds. The Balaban J connectivity index is 2.60. The third-order valence-corrected chi connectivity index (χ3v) is 2.93. The van der Waals surface area contributed by atoms with Gasteiger partial charge in [-0.1, -0.05) is 26.2 Å². The molecule has 1 atom stereocenters. The van der Waals surface area contributed by atoms with E-state index in [1.807, 2.05) is 0 Å². The van der Waals surface area contributed by atoms with Gasteiger partial charge in [-0.2, -0.15) is 0 Å². The van der Waals surface area contributed by atoms with Gasteiger partial charge in [-0.05, 0) is 31.5 Å². The largest absolute Gasteiger partial charge is 0.383 e. The summed E-state index contributed by atoms with van der Waals surface area (Å²) in [5, 5.41) is 5.81. The third-order valence-electron chi connectivity index (χ3n) is 2.93. The first-order chi connectivity index (χ1) is 9.02. The summed E-state index contributed by atoms with van der Waals surface area (Å²) in [7, 11) is 0. The fourth-order valence-corrected chi connectivity index (χ4v) is 1.96. The molecule has 0 spiro atoms. The number of amides is 1. The number of rotatable bonds is 7. The van der Waals surface area contributed by atoms with E-state index in [0.29, 0.717) is 6.04 Å². The number of carbonyl (C=O) groups is 1. The molecule has 1 unspecified atom stereocenters. The number of halogens is 1. The normalized spacial score (nSPS) is 12.0. The van der Waals surface area contributed by atoms with Crippen LogP contribution in [-0.2, 0) is 4.79 Å². The zero-order chi connectivity index (χ0) is 14.3. The molecule has 4 heteroatoms. The second-order valence-corrected chi connectivity index (χ2v) is 4.92. The average molecular weight is 266 g/mol. The summed E-state index contributed by atoms with van der Waals surface area (Å²) in [6.45, 7) is 5.65. The lowest BCUT2D eigenvalue weighted by Gasteiger charge is -2.16. The highest BCUT2D eigenvalue weighted by molar-refractivity contribution is 5.89. The SMILES string of the molecule is CCCCCC(C)Nc1ccc(F)c(NC(C)=O)c1. The molecule has 0 aliphatic carbocycles. The molecule has 0 saturated heterocycles. The van der Waals surface area contributed by atoms with Crippen molar-refractivity contribution in [3.05, 3.63) is 24.0 Å². The maximum Gasteiger partial charge on any atom is 0.221 e. The lowest BCUT2D eigenvalue weighted by Crippen LogP contribution is -2.15. The molecule has 0 aromatic heterocycles. The molecule has 0 saturated carbocycles. The monoisotopic (exact) mass is 266 g/mol. The van der Waals surface area contributed by atoms with E-state index in [2.05, 4.69) is 24.5 Å². The van der Waals surface area contributed by atoms with Crippen molar-refractivity contribution in [2.24, 2.45) is 0 Å². The minimum atomic E-state index is -0.417. The Kier molecular flexibility index (Phi) is 6.33. The van der Waals surface area contributed by atoms with Gasteiger partial charge in [-0.25, -0.2) is 4.39 Å². The average Bonchev–Trinajstić information content (AvgIpc) is 2.33. The van der Waals surface area contributed by atoms with Gasteiger partial charge in [-0.15, -0.1) is 0 Å². The van der Waals surface area contributed by atoms with Gasteiger partial charge in [0.2, 0.25) is 5.91 Å². The lowest BCUT2D eigenvalue weighted by molar-refractivity contribution is -0.114. The Hall–Kier alpha value is -1.58. The van der Waals surface area contributed by atoms with Crippen molar-refractivity contribution in [1.29, 1.82) is 0 Å². The molecule has 1 rings (SSSR count). The van der Waals surface area contributed by atoms with Gasteiger partial charge >= 0.3 is 0 Å². The van der Waals surface area contributed by atoms with Crippen LogP contribution in [0.5, 0.6) is 0 Å². The first-order valence-corrected chi connectivity index (χ1v) is 6.86. The molecule has 0 radical (unpaired) electrons. The zero-order valence-corrected chi connectivity index (χ0v) is 11.9. The fourth-order valence-electron chi connectivity index (χ4n) is 1.96. The van der Waals surface area contributed by atoms with Gasteiger partial charge in [0, 0.05) is 18.7 Å². The van der Waals surface area contributed by atoms with E-state index in [4.69, 9.17) is 0 Å². The summed E-state index contributed by atoms with van der Waals surface area (Å²) in [5.74, 6) is -0.688. The minimum Gasteiger partial charge on any atom is -0.383 e. The first kappa shape index (κ1) is 15.5. The number of anilines is 2. The predicted octanol–water partition coefficient (Wildman–Crippen LogP) is 4.16. The quantitative estimate of drug-likeness (QED) is 0.727. The Labute approximate surface area is 114 Å². The highest BCUT2D eigenvalue weighted by atomic mass is 19.1. The molecule has 19 heavy (non-hydrogen) atoms. The van der Waals surface area contributed by atoms with E-state index < -0.39 is 5.82 Å². The van der Waals surface area contributed by atoms with Gasteiger partial charge in [-0.3, -0.25) is 4.79 Å². The van der Waals surface area contributed by atoms with Crippen LogP contribution in [-0.4, -0.2) is 11.9 Å². The molecule has 1 aromatic rings. The van der Waals surface area contributed by atoms with Crippen molar-refractivity contribution >= 4 is 17.3 Å². The van der Waals surface area contributed by atoms with Crippen LogP contribution in [0, 0.1) is 5.82 Å². The molecule has 0 aliphatic rings. The van der Waals surface area contributed by atoms with Crippen LogP contribution < -0.4 is 10.6 Å². The van der Waals surface area contributed by atoms with Crippen molar-refractivity contribution in [1.82, 2.24) is 0 Å². The van der Waals surface area contributed by atoms with Crippen LogP contribution in [0.15, 0.2) is 18.2 Å². The molecular weight excluding hydrogens is 243 g/mol. The second-order valence-electron chi connectivity index (χ2n) is 4.92. The number of benzene rings is 1. The molecule has 2 N–H and O–H groups in total. The Morgan fingerprint density at radius 3 is 2.74 bits per heavy atom. The molecule has 0 aliphatic heterocycles. The van der Waals surface area contributed by atoms with Gasteiger partial charge < -0.3 is 10.6 Å². The lowest BCUT2D eigenvalue weighted by atomic mass is 10.1. The van der Waals surface area contributed by atoms with E-state index in [-0.39, 0.29) is 11.6 Å². The van der Waals surface area contributed by atoms with Crippen molar-refractivity contribution in [2.75, 3.05) is 10.6 Å². The van der Waals surface area contributed by atoms with Gasteiger partial charge in [0.1, 0.15) is 5.82 Å². The van der Waals surface area contributed by atoms with Gasteiger partial charge in [0.25, 0.3) is 0 Å². The molecule has 0 fully saturated rings. The maximum atomic E-state index is 13.5. The van der Waals surface area contributed by atoms with Crippen molar-refractivity contribution < 1.29 is 9.18 Å². The predicted molar refractivity (Wildman–Crippen MR) is 77.9 cm³/mol. The number of carbonyl (C=O) groups excluding carboxylic acids is 1. The van der Waals surface area contributed by atoms with Crippen LogP contribution in [0.25, 0.3) is 0 Å². The van der Waals surface area contributed by atoms with E-state index >= 15 is 0 Å². The first-order valence-electron chi connectivity index (χ1n) is 6.86. The summed E-state index contributed by atoms with van der Waals surface area (Å²) in [5.41, 5.74) is 1.05. The molecule has 3 nitrogen and oxygen atoms in total. The third kappa shape index (κ3) is 5.73. The van der Waals surface area contributed by atoms with Crippen LogP contribution in [0.1, 0.15) is 46.5 Å². The second kappa shape index (κ2) is 7.77. The molecule has 1 aromatic carbocycles. The highest BCUT2D eigenvalue weighted by Gasteiger charge is 2.07. The van der Waals surface area contributed by atoms with E-state index in [1.54, 1.807) is 12.1 Å². The van der Waals surface area contributed by atoms with Gasteiger partial charge in [0.15, 0.2) is 0 Å².